The van der Waals surface area contributed by atoms with Gasteiger partial charge in [-0.25, -0.2) is 4.99 Å². The van der Waals surface area contributed by atoms with Gasteiger partial charge in [-0.05, 0) is 31.0 Å². The third-order valence-corrected chi connectivity index (χ3v) is 5.09. The molecule has 1 aliphatic rings. The number of carbonyl (C=O) groups is 1. The number of halogens is 1. The van der Waals surface area contributed by atoms with E-state index >= 15 is 0 Å². The smallest absolute Gasteiger partial charge is 0.241 e. The number of nitrogens with zero attached hydrogens (tertiary/aromatic N) is 3. The van der Waals surface area contributed by atoms with E-state index in [0.717, 1.165) is 50.8 Å². The monoisotopic (exact) mass is 537 g/mol. The zero-order valence-corrected chi connectivity index (χ0v) is 20.3. The first kappa shape index (κ1) is 24.8. The Kier molecular flexibility index (Phi) is 10.4. The van der Waals surface area contributed by atoms with Gasteiger partial charge < -0.3 is 25.5 Å². The quantitative estimate of drug-likeness (QED) is 0.288. The third kappa shape index (κ3) is 7.61. The molecule has 0 atom stereocenters. The number of hydrogen-bond donors (Lipinski definition) is 3. The number of hydrogen-bond acceptors (Lipinski definition) is 4. The number of phenols is 1. The average Bonchev–Trinajstić information content (AvgIpc) is 2.78. The fourth-order valence-corrected chi connectivity index (χ4v) is 3.51. The van der Waals surface area contributed by atoms with Gasteiger partial charge in [-0.1, -0.05) is 42.5 Å². The fourth-order valence-electron chi connectivity index (χ4n) is 3.51. The van der Waals surface area contributed by atoms with Crippen molar-refractivity contribution in [1.29, 1.82) is 0 Å². The van der Waals surface area contributed by atoms with Gasteiger partial charge in [-0.2, -0.15) is 0 Å². The summed E-state index contributed by atoms with van der Waals surface area (Å²) in [4.78, 5) is 21.1. The van der Waals surface area contributed by atoms with Crippen LogP contribution < -0.4 is 15.5 Å². The Balaban J connectivity index is 0.00000341. The molecular formula is C23H32IN5O2. The summed E-state index contributed by atoms with van der Waals surface area (Å²) in [5, 5.41) is 16.3. The molecule has 1 saturated heterocycles. The van der Waals surface area contributed by atoms with Crippen LogP contribution in [-0.4, -0.2) is 67.7 Å². The molecule has 0 bridgehead atoms. The van der Waals surface area contributed by atoms with Gasteiger partial charge in [0, 0.05) is 39.3 Å². The fraction of sp³-hybridized carbons (Fsp3) is 0.391. The van der Waals surface area contributed by atoms with Gasteiger partial charge >= 0.3 is 0 Å². The van der Waals surface area contributed by atoms with Crippen LogP contribution in [0.25, 0.3) is 0 Å². The molecular weight excluding hydrogens is 505 g/mol. The molecule has 3 N–H and O–H groups in total. The van der Waals surface area contributed by atoms with Crippen molar-refractivity contribution in [2.24, 2.45) is 4.99 Å². The Morgan fingerprint density at radius 3 is 2.35 bits per heavy atom. The molecule has 1 aliphatic heterocycles. The van der Waals surface area contributed by atoms with E-state index in [0.29, 0.717) is 12.3 Å². The zero-order valence-electron chi connectivity index (χ0n) is 18.0. The van der Waals surface area contributed by atoms with Crippen LogP contribution in [0.3, 0.4) is 0 Å². The minimum atomic E-state index is -0.0748. The van der Waals surface area contributed by atoms with E-state index in [1.165, 1.54) is 5.56 Å². The molecule has 0 radical (unpaired) electrons. The SMILES string of the molecule is CCNC(=NCC(=O)NCCc1ccccc1)N1CCN(c2ccccc2O)CC1.I. The van der Waals surface area contributed by atoms with E-state index in [1.54, 1.807) is 6.07 Å². The average molecular weight is 537 g/mol. The Labute approximate surface area is 201 Å². The number of aromatic hydroxyl groups is 1. The van der Waals surface area contributed by atoms with Crippen LogP contribution in [-0.2, 0) is 11.2 Å². The lowest BCUT2D eigenvalue weighted by atomic mass is 10.1. The van der Waals surface area contributed by atoms with Crippen molar-refractivity contribution < 1.29 is 9.90 Å². The Morgan fingerprint density at radius 1 is 1.00 bits per heavy atom. The number of piperazine rings is 1. The molecule has 0 aliphatic carbocycles. The number of carbonyl (C=O) groups excluding carboxylic acids is 1. The molecule has 1 fully saturated rings. The summed E-state index contributed by atoms with van der Waals surface area (Å²) in [5.74, 6) is 0.987. The first-order valence-corrected chi connectivity index (χ1v) is 10.5. The molecule has 0 spiro atoms. The molecule has 7 nitrogen and oxygen atoms in total. The topological polar surface area (TPSA) is 80.2 Å². The number of para-hydroxylation sites is 2. The van der Waals surface area contributed by atoms with Gasteiger partial charge in [0.05, 0.1) is 5.69 Å². The van der Waals surface area contributed by atoms with Crippen LogP contribution in [0.5, 0.6) is 5.75 Å². The molecule has 168 valence electrons. The first-order valence-electron chi connectivity index (χ1n) is 10.5. The molecule has 0 saturated carbocycles. The van der Waals surface area contributed by atoms with E-state index in [4.69, 9.17) is 0 Å². The van der Waals surface area contributed by atoms with Gasteiger partial charge in [-0.15, -0.1) is 24.0 Å². The van der Waals surface area contributed by atoms with Crippen LogP contribution in [0.2, 0.25) is 0 Å². The number of aliphatic imine (C=N–C) groups is 1. The van der Waals surface area contributed by atoms with Crippen LogP contribution in [0.4, 0.5) is 5.69 Å². The zero-order chi connectivity index (χ0) is 21.2. The van der Waals surface area contributed by atoms with Crippen molar-refractivity contribution in [2.45, 2.75) is 13.3 Å². The van der Waals surface area contributed by atoms with Crippen LogP contribution in [0, 0.1) is 0 Å². The maximum absolute atomic E-state index is 12.2. The molecule has 1 heterocycles. The third-order valence-electron chi connectivity index (χ3n) is 5.09. The predicted molar refractivity (Wildman–Crippen MR) is 136 cm³/mol. The van der Waals surface area contributed by atoms with Gasteiger partial charge in [0.15, 0.2) is 5.96 Å². The minimum absolute atomic E-state index is 0. The molecule has 8 heteroatoms. The summed E-state index contributed by atoms with van der Waals surface area (Å²) in [6.45, 7) is 6.59. The molecule has 0 aromatic heterocycles. The minimum Gasteiger partial charge on any atom is -0.506 e. The Morgan fingerprint density at radius 2 is 1.68 bits per heavy atom. The van der Waals surface area contributed by atoms with E-state index in [9.17, 15) is 9.90 Å². The summed E-state index contributed by atoms with van der Waals surface area (Å²) in [6, 6.07) is 17.5. The standard InChI is InChI=1S/C23H31N5O2.HI/c1-2-24-23(26-18-22(30)25-13-12-19-8-4-3-5-9-19)28-16-14-27(15-17-28)20-10-6-7-11-21(20)29;/h3-11,29H,2,12-18H2,1H3,(H,24,26)(H,25,30);1H. The highest BCUT2D eigenvalue weighted by molar-refractivity contribution is 14.0. The normalized spacial score (nSPS) is 14.0. The molecule has 31 heavy (non-hydrogen) atoms. The summed E-state index contributed by atoms with van der Waals surface area (Å²) in [5.41, 5.74) is 2.06. The van der Waals surface area contributed by atoms with Crippen molar-refractivity contribution >= 4 is 41.5 Å². The summed E-state index contributed by atoms with van der Waals surface area (Å²) in [7, 11) is 0. The van der Waals surface area contributed by atoms with Crippen molar-refractivity contribution in [1.82, 2.24) is 15.5 Å². The number of anilines is 1. The first-order chi connectivity index (χ1) is 14.7. The van der Waals surface area contributed by atoms with E-state index < -0.39 is 0 Å². The van der Waals surface area contributed by atoms with Crippen molar-refractivity contribution in [3.63, 3.8) is 0 Å². The van der Waals surface area contributed by atoms with Crippen LogP contribution in [0.15, 0.2) is 59.6 Å². The van der Waals surface area contributed by atoms with Crippen molar-refractivity contribution in [2.75, 3.05) is 50.7 Å². The second kappa shape index (κ2) is 13.0. The van der Waals surface area contributed by atoms with Gasteiger partial charge in [-0.3, -0.25) is 4.79 Å². The molecule has 0 unspecified atom stereocenters. The van der Waals surface area contributed by atoms with E-state index in [-0.39, 0.29) is 36.4 Å². The molecule has 3 rings (SSSR count). The second-order valence-corrected chi connectivity index (χ2v) is 7.22. The summed E-state index contributed by atoms with van der Waals surface area (Å²) >= 11 is 0. The van der Waals surface area contributed by atoms with Gasteiger partial charge in [0.2, 0.25) is 5.91 Å². The van der Waals surface area contributed by atoms with Gasteiger partial charge in [0.1, 0.15) is 12.3 Å². The lowest BCUT2D eigenvalue weighted by Gasteiger charge is -2.37. The Hall–Kier alpha value is -2.49. The predicted octanol–water partition coefficient (Wildman–Crippen LogP) is 2.46. The highest BCUT2D eigenvalue weighted by atomic mass is 127. The highest BCUT2D eigenvalue weighted by Crippen LogP contribution is 2.27. The van der Waals surface area contributed by atoms with E-state index in [2.05, 4.69) is 37.6 Å². The number of amides is 1. The molecule has 2 aromatic carbocycles. The van der Waals surface area contributed by atoms with E-state index in [1.807, 2.05) is 43.3 Å². The van der Waals surface area contributed by atoms with Gasteiger partial charge in [0.25, 0.3) is 0 Å². The number of rotatable bonds is 7. The lowest BCUT2D eigenvalue weighted by molar-refractivity contribution is -0.119. The summed E-state index contributed by atoms with van der Waals surface area (Å²) in [6.07, 6.45) is 0.810. The Bertz CT molecular complexity index is 839. The maximum Gasteiger partial charge on any atom is 0.241 e. The largest absolute Gasteiger partial charge is 0.506 e. The van der Waals surface area contributed by atoms with Crippen molar-refractivity contribution in [3.05, 3.63) is 60.2 Å². The van der Waals surface area contributed by atoms with Crippen LogP contribution >= 0.6 is 24.0 Å². The lowest BCUT2D eigenvalue weighted by Crippen LogP contribution is -2.52. The molecule has 2 aromatic rings. The molecule has 1 amide bonds. The second-order valence-electron chi connectivity index (χ2n) is 7.22. The number of phenolic OH excluding ortho intramolecular Hbond substituents is 1. The maximum atomic E-state index is 12.2. The highest BCUT2D eigenvalue weighted by Gasteiger charge is 2.21. The van der Waals surface area contributed by atoms with Crippen molar-refractivity contribution in [3.8, 4) is 5.75 Å². The summed E-state index contributed by atoms with van der Waals surface area (Å²) < 4.78 is 0. The van der Waals surface area contributed by atoms with Crippen LogP contribution in [0.1, 0.15) is 12.5 Å². The number of benzene rings is 2. The number of guanidine groups is 1. The number of nitrogens with one attached hydrogen (secondary N) is 2.